The predicted octanol–water partition coefficient (Wildman–Crippen LogP) is 3.96. The van der Waals surface area contributed by atoms with Crippen molar-refractivity contribution in [3.63, 3.8) is 0 Å². The summed E-state index contributed by atoms with van der Waals surface area (Å²) in [7, 11) is 1.60. The van der Waals surface area contributed by atoms with Gasteiger partial charge in [-0.05, 0) is 24.1 Å². The van der Waals surface area contributed by atoms with Crippen molar-refractivity contribution < 1.29 is 19.4 Å². The fourth-order valence-electron chi connectivity index (χ4n) is 3.71. The van der Waals surface area contributed by atoms with E-state index in [9.17, 15) is 14.7 Å². The van der Waals surface area contributed by atoms with Crippen LogP contribution in [0.1, 0.15) is 48.1 Å². The molecule has 6 nitrogen and oxygen atoms in total. The van der Waals surface area contributed by atoms with Crippen molar-refractivity contribution in [1.82, 2.24) is 4.57 Å². The second-order valence-electron chi connectivity index (χ2n) is 6.62. The smallest absolute Gasteiger partial charge is 0.341 e. The molecule has 0 aliphatic carbocycles. The third-order valence-electron chi connectivity index (χ3n) is 5.08. The van der Waals surface area contributed by atoms with Crippen LogP contribution in [0.15, 0.2) is 29.2 Å². The van der Waals surface area contributed by atoms with Crippen LogP contribution in [-0.4, -0.2) is 36.0 Å². The van der Waals surface area contributed by atoms with Crippen molar-refractivity contribution in [3.05, 3.63) is 50.8 Å². The quantitative estimate of drug-likeness (QED) is 0.754. The molecule has 3 rings (SSSR count). The molecule has 1 aliphatic rings. The third kappa shape index (κ3) is 3.47. The lowest BCUT2D eigenvalue weighted by molar-refractivity contribution is 0.0694. The molecule has 1 aromatic carbocycles. The highest BCUT2D eigenvalue weighted by Gasteiger charge is 2.31. The van der Waals surface area contributed by atoms with Crippen LogP contribution in [0.3, 0.4) is 0 Å². The molecule has 0 amide bonds. The number of carbonyl (C=O) groups is 1. The first kappa shape index (κ1) is 19.5. The molecule has 0 radical (unpaired) electrons. The molecule has 0 fully saturated rings. The van der Waals surface area contributed by atoms with Gasteiger partial charge in [0.2, 0.25) is 0 Å². The Morgan fingerprint density at radius 1 is 1.30 bits per heavy atom. The highest BCUT2D eigenvalue weighted by Crippen LogP contribution is 2.46. The molecular weight excluding hydrogens is 370 g/mol. The van der Waals surface area contributed by atoms with Crippen molar-refractivity contribution in [3.8, 4) is 17.0 Å². The minimum absolute atomic E-state index is 0.0270. The number of ether oxygens (including phenoxy) is 2. The fourth-order valence-corrected chi connectivity index (χ4v) is 3.93. The van der Waals surface area contributed by atoms with Crippen LogP contribution in [-0.2, 0) is 4.74 Å². The van der Waals surface area contributed by atoms with Crippen molar-refractivity contribution in [2.24, 2.45) is 0 Å². The largest absolute Gasteiger partial charge is 0.490 e. The number of fused-ring (bicyclic) bond motifs is 3. The summed E-state index contributed by atoms with van der Waals surface area (Å²) in [6, 6.07) is 5.12. The molecular formula is C20H22ClNO5. The maximum Gasteiger partial charge on any atom is 0.341 e. The fraction of sp³-hybridized carbons (Fsp3) is 0.400. The summed E-state index contributed by atoms with van der Waals surface area (Å²) in [5.74, 6) is -0.542. The van der Waals surface area contributed by atoms with E-state index < -0.39 is 11.4 Å². The number of nitrogens with zero attached hydrogens (tertiary/aromatic N) is 1. The SMILES string of the molecule is CC[C@H]1[C@@H](C)c2cc(OCCOC)c(Cl)cc2-c2cc(=O)c(C(=O)O)cn21. The van der Waals surface area contributed by atoms with E-state index in [0.717, 1.165) is 17.5 Å². The number of aromatic carboxylic acids is 1. The summed E-state index contributed by atoms with van der Waals surface area (Å²) in [4.78, 5) is 23.7. The first-order valence-corrected chi connectivity index (χ1v) is 9.21. The monoisotopic (exact) mass is 391 g/mol. The zero-order chi connectivity index (χ0) is 19.7. The van der Waals surface area contributed by atoms with Crippen LogP contribution >= 0.6 is 11.6 Å². The van der Waals surface area contributed by atoms with Crippen LogP contribution in [0.5, 0.6) is 5.75 Å². The van der Waals surface area contributed by atoms with Crippen molar-refractivity contribution >= 4 is 17.6 Å². The van der Waals surface area contributed by atoms with Crippen LogP contribution < -0.4 is 10.2 Å². The number of benzene rings is 1. The van der Waals surface area contributed by atoms with Gasteiger partial charge in [0.25, 0.3) is 0 Å². The molecule has 27 heavy (non-hydrogen) atoms. The molecule has 1 aliphatic heterocycles. The summed E-state index contributed by atoms with van der Waals surface area (Å²) < 4.78 is 12.6. The number of carboxylic acids is 1. The lowest BCUT2D eigenvalue weighted by Crippen LogP contribution is -2.27. The van der Waals surface area contributed by atoms with Crippen LogP contribution in [0, 0.1) is 0 Å². The minimum Gasteiger partial charge on any atom is -0.490 e. The second kappa shape index (κ2) is 7.74. The third-order valence-corrected chi connectivity index (χ3v) is 5.37. The van der Waals surface area contributed by atoms with Gasteiger partial charge in [-0.25, -0.2) is 4.79 Å². The molecule has 2 heterocycles. The Hall–Kier alpha value is -2.31. The lowest BCUT2D eigenvalue weighted by Gasteiger charge is -2.35. The zero-order valence-corrected chi connectivity index (χ0v) is 16.2. The molecule has 0 spiro atoms. The maximum absolute atomic E-state index is 12.3. The van der Waals surface area contributed by atoms with E-state index in [1.165, 1.54) is 12.3 Å². The molecule has 0 unspecified atom stereocenters. The van der Waals surface area contributed by atoms with Crippen molar-refractivity contribution in [1.29, 1.82) is 0 Å². The standard InChI is InChI=1S/C20H22ClNO5/c1-4-16-11(2)12-8-19(27-6-5-26-3)15(21)7-13(12)17-9-18(23)14(20(24)25)10-22(16)17/h7-11,16H,4-6H2,1-3H3,(H,24,25)/t11-,16-/m0/s1. The van der Waals surface area contributed by atoms with E-state index in [0.29, 0.717) is 29.7 Å². The van der Waals surface area contributed by atoms with E-state index in [2.05, 4.69) is 6.92 Å². The van der Waals surface area contributed by atoms with Crippen LogP contribution in [0.2, 0.25) is 5.02 Å². The topological polar surface area (TPSA) is 77.8 Å². The molecule has 144 valence electrons. The average Bonchev–Trinajstić information content (AvgIpc) is 2.63. The number of hydrogen-bond acceptors (Lipinski definition) is 4. The first-order chi connectivity index (χ1) is 12.9. The van der Waals surface area contributed by atoms with Gasteiger partial charge in [-0.3, -0.25) is 4.79 Å². The lowest BCUT2D eigenvalue weighted by atomic mass is 9.83. The van der Waals surface area contributed by atoms with Crippen LogP contribution in [0.25, 0.3) is 11.3 Å². The Labute approximate surface area is 162 Å². The molecule has 0 saturated carbocycles. The summed E-state index contributed by atoms with van der Waals surface area (Å²) in [5, 5.41) is 9.75. The number of rotatable bonds is 6. The maximum atomic E-state index is 12.3. The second-order valence-corrected chi connectivity index (χ2v) is 7.03. The van der Waals surface area contributed by atoms with Crippen molar-refractivity contribution in [2.75, 3.05) is 20.3 Å². The highest BCUT2D eigenvalue weighted by atomic mass is 35.5. The van der Waals surface area contributed by atoms with Gasteiger partial charge in [0.05, 0.1) is 17.3 Å². The van der Waals surface area contributed by atoms with Gasteiger partial charge in [-0.2, -0.15) is 0 Å². The molecule has 2 aromatic rings. The number of methoxy groups -OCH3 is 1. The van der Waals surface area contributed by atoms with E-state index in [-0.39, 0.29) is 17.5 Å². The van der Waals surface area contributed by atoms with Gasteiger partial charge < -0.3 is 19.1 Å². The predicted molar refractivity (Wildman–Crippen MR) is 103 cm³/mol. The number of halogens is 1. The van der Waals surface area contributed by atoms with E-state index >= 15 is 0 Å². The Kier molecular flexibility index (Phi) is 5.58. The Bertz CT molecular complexity index is 937. The number of carboxylic acid groups (broad SMARTS) is 1. The van der Waals surface area contributed by atoms with Crippen molar-refractivity contribution in [2.45, 2.75) is 32.2 Å². The van der Waals surface area contributed by atoms with Crippen LogP contribution in [0.4, 0.5) is 0 Å². The molecule has 1 N–H and O–H groups in total. The minimum atomic E-state index is -1.22. The van der Waals surface area contributed by atoms with Gasteiger partial charge in [0, 0.05) is 36.9 Å². The Morgan fingerprint density at radius 2 is 2.04 bits per heavy atom. The molecule has 1 aromatic heterocycles. The molecule has 7 heteroatoms. The number of pyridine rings is 1. The highest BCUT2D eigenvalue weighted by molar-refractivity contribution is 6.32. The summed E-state index contributed by atoms with van der Waals surface area (Å²) in [5.41, 5.74) is 1.79. The molecule has 0 bridgehead atoms. The summed E-state index contributed by atoms with van der Waals surface area (Å²) in [6.45, 7) is 4.97. The van der Waals surface area contributed by atoms with Gasteiger partial charge in [0.1, 0.15) is 17.9 Å². The molecule has 2 atom stereocenters. The Balaban J connectivity index is 2.18. The van der Waals surface area contributed by atoms with Gasteiger partial charge in [-0.15, -0.1) is 0 Å². The van der Waals surface area contributed by atoms with E-state index in [1.807, 2.05) is 17.6 Å². The van der Waals surface area contributed by atoms with Gasteiger partial charge in [0.15, 0.2) is 5.43 Å². The van der Waals surface area contributed by atoms with E-state index in [4.69, 9.17) is 21.1 Å². The zero-order valence-electron chi connectivity index (χ0n) is 15.5. The molecule has 0 saturated heterocycles. The van der Waals surface area contributed by atoms with Gasteiger partial charge >= 0.3 is 5.97 Å². The normalized spacial score (nSPS) is 17.9. The summed E-state index contributed by atoms with van der Waals surface area (Å²) in [6.07, 6.45) is 2.24. The van der Waals surface area contributed by atoms with E-state index in [1.54, 1.807) is 13.2 Å². The van der Waals surface area contributed by atoms with Gasteiger partial charge in [-0.1, -0.05) is 25.4 Å². The average molecular weight is 392 g/mol. The number of aromatic nitrogens is 1. The summed E-state index contributed by atoms with van der Waals surface area (Å²) >= 11 is 6.40. The number of hydrogen-bond donors (Lipinski definition) is 1. The Morgan fingerprint density at radius 3 is 2.67 bits per heavy atom. The first-order valence-electron chi connectivity index (χ1n) is 8.84.